The van der Waals surface area contributed by atoms with Gasteiger partial charge < -0.3 is 4.74 Å². The summed E-state index contributed by atoms with van der Waals surface area (Å²) in [4.78, 5) is 2.76. The monoisotopic (exact) mass is 177 g/mol. The zero-order chi connectivity index (χ0) is 9.68. The van der Waals surface area contributed by atoms with Gasteiger partial charge in [0.25, 0.3) is 0 Å². The van der Waals surface area contributed by atoms with Crippen LogP contribution in [0.25, 0.3) is 10.4 Å². The highest BCUT2D eigenvalue weighted by atomic mass is 16.5. The highest BCUT2D eigenvalue weighted by Crippen LogP contribution is 2.26. The van der Waals surface area contributed by atoms with Gasteiger partial charge in [-0.1, -0.05) is 30.2 Å². The Bertz CT molecular complexity index is 331. The van der Waals surface area contributed by atoms with Crippen molar-refractivity contribution in [3.05, 3.63) is 40.3 Å². The van der Waals surface area contributed by atoms with Crippen LogP contribution < -0.4 is 4.74 Å². The molecule has 0 aliphatic carbocycles. The fourth-order valence-electron chi connectivity index (χ4n) is 1.15. The van der Waals surface area contributed by atoms with E-state index in [1.807, 2.05) is 31.2 Å². The summed E-state index contributed by atoms with van der Waals surface area (Å²) < 4.78 is 5.13. The summed E-state index contributed by atoms with van der Waals surface area (Å²) in [5.41, 5.74) is 9.18. The van der Waals surface area contributed by atoms with E-state index in [1.165, 1.54) is 0 Å². The van der Waals surface area contributed by atoms with E-state index in [2.05, 4.69) is 10.0 Å². The van der Waals surface area contributed by atoms with Crippen molar-refractivity contribution in [1.29, 1.82) is 0 Å². The number of hydrogen-bond acceptors (Lipinski definition) is 2. The van der Waals surface area contributed by atoms with Crippen molar-refractivity contribution in [2.75, 3.05) is 7.11 Å². The second-order valence-corrected chi connectivity index (χ2v) is 2.62. The molecule has 4 heteroatoms. The number of para-hydroxylation sites is 1. The van der Waals surface area contributed by atoms with Crippen LogP contribution in [0.5, 0.6) is 5.75 Å². The van der Waals surface area contributed by atoms with Crippen LogP contribution >= 0.6 is 0 Å². The lowest BCUT2D eigenvalue weighted by atomic mass is 10.1. The first-order chi connectivity index (χ1) is 6.29. The van der Waals surface area contributed by atoms with Crippen LogP contribution in [0, 0.1) is 0 Å². The molecule has 1 atom stereocenters. The van der Waals surface area contributed by atoms with Gasteiger partial charge in [0.15, 0.2) is 0 Å². The summed E-state index contributed by atoms with van der Waals surface area (Å²) in [6.45, 7) is 1.83. The van der Waals surface area contributed by atoms with E-state index < -0.39 is 0 Å². The molecule has 0 heterocycles. The van der Waals surface area contributed by atoms with Crippen molar-refractivity contribution in [2.45, 2.75) is 13.0 Å². The maximum atomic E-state index is 8.28. The molecule has 1 aromatic carbocycles. The number of ether oxygens (including phenoxy) is 1. The van der Waals surface area contributed by atoms with Crippen LogP contribution in [0.4, 0.5) is 0 Å². The summed E-state index contributed by atoms with van der Waals surface area (Å²) in [5.74, 6) is 0.752. The summed E-state index contributed by atoms with van der Waals surface area (Å²) in [6, 6.07) is 7.31. The lowest BCUT2D eigenvalue weighted by Gasteiger charge is -2.09. The van der Waals surface area contributed by atoms with E-state index in [-0.39, 0.29) is 6.04 Å². The van der Waals surface area contributed by atoms with E-state index in [0.717, 1.165) is 11.3 Å². The van der Waals surface area contributed by atoms with Crippen LogP contribution in [0.2, 0.25) is 0 Å². The molecule has 0 unspecified atom stereocenters. The summed E-state index contributed by atoms with van der Waals surface area (Å²) >= 11 is 0. The summed E-state index contributed by atoms with van der Waals surface area (Å²) in [7, 11) is 1.60. The Hall–Kier alpha value is -1.67. The molecule has 0 aromatic heterocycles. The Balaban J connectivity index is 3.04. The number of methoxy groups -OCH3 is 1. The van der Waals surface area contributed by atoms with Gasteiger partial charge in [-0.3, -0.25) is 0 Å². The number of benzene rings is 1. The molecule has 0 saturated heterocycles. The molecule has 1 rings (SSSR count). The molecule has 0 N–H and O–H groups in total. The molecular formula is C9H11N3O. The maximum Gasteiger partial charge on any atom is 0.122 e. The second kappa shape index (κ2) is 4.38. The highest BCUT2D eigenvalue weighted by molar-refractivity contribution is 5.35. The Kier molecular flexibility index (Phi) is 3.17. The predicted molar refractivity (Wildman–Crippen MR) is 50.6 cm³/mol. The lowest BCUT2D eigenvalue weighted by molar-refractivity contribution is 0.407. The zero-order valence-corrected chi connectivity index (χ0v) is 7.64. The number of rotatable bonds is 3. The van der Waals surface area contributed by atoms with E-state index in [9.17, 15) is 0 Å². The molecule has 0 radical (unpaired) electrons. The molecule has 0 aliphatic rings. The molecule has 0 aliphatic heterocycles. The normalized spacial score (nSPS) is 11.5. The van der Waals surface area contributed by atoms with Gasteiger partial charge in [0.05, 0.1) is 13.2 Å². The van der Waals surface area contributed by atoms with E-state index in [0.29, 0.717) is 0 Å². The second-order valence-electron chi connectivity index (χ2n) is 2.62. The Morgan fingerprint density at radius 2 is 2.15 bits per heavy atom. The zero-order valence-electron chi connectivity index (χ0n) is 7.64. The number of azide groups is 1. The SMILES string of the molecule is COc1ccccc1[C@@H](C)N=[N+]=[N-]. The molecule has 0 spiro atoms. The number of hydrogen-bond donors (Lipinski definition) is 0. The van der Waals surface area contributed by atoms with Crippen molar-refractivity contribution in [3.63, 3.8) is 0 Å². The topological polar surface area (TPSA) is 58.0 Å². The first kappa shape index (κ1) is 9.42. The van der Waals surface area contributed by atoms with Gasteiger partial charge in [-0.2, -0.15) is 0 Å². The van der Waals surface area contributed by atoms with Crippen LogP contribution in [0.15, 0.2) is 29.4 Å². The van der Waals surface area contributed by atoms with Gasteiger partial charge in [-0.05, 0) is 11.6 Å². The van der Waals surface area contributed by atoms with E-state index >= 15 is 0 Å². The third kappa shape index (κ3) is 2.13. The van der Waals surface area contributed by atoms with Crippen molar-refractivity contribution >= 4 is 0 Å². The average Bonchev–Trinajstić information content (AvgIpc) is 2.18. The molecule has 0 saturated carbocycles. The fraction of sp³-hybridized carbons (Fsp3) is 0.333. The Morgan fingerprint density at radius 1 is 1.46 bits per heavy atom. The van der Waals surface area contributed by atoms with Gasteiger partial charge in [0.2, 0.25) is 0 Å². The van der Waals surface area contributed by atoms with Crippen LogP contribution in [-0.4, -0.2) is 7.11 Å². The third-order valence-electron chi connectivity index (χ3n) is 1.81. The molecule has 68 valence electrons. The molecule has 0 bridgehead atoms. The smallest absolute Gasteiger partial charge is 0.122 e. The fourth-order valence-corrected chi connectivity index (χ4v) is 1.15. The predicted octanol–water partition coefficient (Wildman–Crippen LogP) is 3.07. The molecule has 1 aromatic rings. The maximum absolute atomic E-state index is 8.28. The van der Waals surface area contributed by atoms with Gasteiger partial charge in [0.1, 0.15) is 5.75 Å². The standard InChI is InChI=1S/C9H11N3O/c1-7(11-12-10)8-5-3-4-6-9(8)13-2/h3-7H,1-2H3/t7-/m1/s1. The summed E-state index contributed by atoms with van der Waals surface area (Å²) in [5, 5.41) is 3.60. The highest BCUT2D eigenvalue weighted by Gasteiger charge is 2.07. The number of nitrogens with zero attached hydrogens (tertiary/aromatic N) is 3. The largest absolute Gasteiger partial charge is 0.496 e. The minimum absolute atomic E-state index is 0.193. The van der Waals surface area contributed by atoms with E-state index in [4.69, 9.17) is 10.3 Å². The molecule has 0 fully saturated rings. The Labute approximate surface area is 76.8 Å². The molecular weight excluding hydrogens is 166 g/mol. The van der Waals surface area contributed by atoms with Crippen molar-refractivity contribution in [3.8, 4) is 5.75 Å². The minimum atomic E-state index is -0.193. The Morgan fingerprint density at radius 3 is 2.77 bits per heavy atom. The minimum Gasteiger partial charge on any atom is -0.496 e. The molecule has 0 amide bonds. The van der Waals surface area contributed by atoms with Crippen LogP contribution in [0.1, 0.15) is 18.5 Å². The van der Waals surface area contributed by atoms with Crippen LogP contribution in [0.3, 0.4) is 0 Å². The molecule has 13 heavy (non-hydrogen) atoms. The van der Waals surface area contributed by atoms with Gasteiger partial charge >= 0.3 is 0 Å². The summed E-state index contributed by atoms with van der Waals surface area (Å²) in [6.07, 6.45) is 0. The average molecular weight is 177 g/mol. The third-order valence-corrected chi connectivity index (χ3v) is 1.81. The van der Waals surface area contributed by atoms with Crippen molar-refractivity contribution < 1.29 is 4.74 Å². The van der Waals surface area contributed by atoms with Gasteiger partial charge in [0, 0.05) is 10.5 Å². The quantitative estimate of drug-likeness (QED) is 0.397. The van der Waals surface area contributed by atoms with E-state index in [1.54, 1.807) is 7.11 Å². The first-order valence-electron chi connectivity index (χ1n) is 3.96. The van der Waals surface area contributed by atoms with Crippen molar-refractivity contribution in [1.82, 2.24) is 0 Å². The van der Waals surface area contributed by atoms with Crippen LogP contribution in [-0.2, 0) is 0 Å². The lowest BCUT2D eigenvalue weighted by Crippen LogP contribution is -1.93. The van der Waals surface area contributed by atoms with Gasteiger partial charge in [-0.25, -0.2) is 0 Å². The molecule has 4 nitrogen and oxygen atoms in total. The van der Waals surface area contributed by atoms with Crippen molar-refractivity contribution in [2.24, 2.45) is 5.11 Å². The van der Waals surface area contributed by atoms with Gasteiger partial charge in [-0.15, -0.1) is 0 Å². The first-order valence-corrected chi connectivity index (χ1v) is 3.96.